The van der Waals surface area contributed by atoms with Crippen molar-refractivity contribution < 1.29 is 21.9 Å². The average Bonchev–Trinajstić information content (AvgIpc) is 2.95. The minimum absolute atomic E-state index is 0. The molecule has 16 heavy (non-hydrogen) atoms. The summed E-state index contributed by atoms with van der Waals surface area (Å²) in [6.45, 7) is 0. The van der Waals surface area contributed by atoms with Crippen LogP contribution in [0.25, 0.3) is 5.03 Å². The first kappa shape index (κ1) is 14.9. The summed E-state index contributed by atoms with van der Waals surface area (Å²) in [5.41, 5.74) is 0.522. The van der Waals surface area contributed by atoms with Crippen molar-refractivity contribution in [2.45, 2.75) is 0 Å². The third-order valence-electron chi connectivity index (χ3n) is 1.24. The fraction of sp³-hybridized carbons (Fsp3) is 0. The van der Waals surface area contributed by atoms with E-state index in [4.69, 9.17) is 11.6 Å². The molecule has 0 heterocycles. The van der Waals surface area contributed by atoms with Crippen molar-refractivity contribution in [2.24, 2.45) is 0 Å². The SMILES string of the molecule is O=CC=C(Cl)[c-]1[c-][c-][c-][c-]1.[Fe+2].[c-]1[c-][c-][cH-][c-]1. The summed E-state index contributed by atoms with van der Waals surface area (Å²) < 4.78 is 0. The summed E-state index contributed by atoms with van der Waals surface area (Å²) in [7, 11) is 0. The summed E-state index contributed by atoms with van der Waals surface area (Å²) in [6, 6.07) is 22.3. The third-order valence-corrected chi connectivity index (χ3v) is 1.56. The molecule has 0 bridgehead atoms. The topological polar surface area (TPSA) is 17.1 Å². The van der Waals surface area contributed by atoms with Crippen LogP contribution in [0.15, 0.2) is 12.1 Å². The van der Waals surface area contributed by atoms with Gasteiger partial charge in [0.25, 0.3) is 0 Å². The number of hydrogen-bond acceptors (Lipinski definition) is 1. The number of aldehydes is 1. The molecule has 84 valence electrons. The van der Waals surface area contributed by atoms with E-state index >= 15 is 0 Å². The van der Waals surface area contributed by atoms with Gasteiger partial charge in [0.15, 0.2) is 0 Å². The molecule has 2 rings (SSSR count). The summed E-state index contributed by atoms with van der Waals surface area (Å²) in [6.07, 6.45) is 1.84. The van der Waals surface area contributed by atoms with Gasteiger partial charge in [-0.1, -0.05) is 0 Å². The number of allylic oxidation sites excluding steroid dienone is 1. The van der Waals surface area contributed by atoms with Gasteiger partial charge in [0.1, 0.15) is 0 Å². The van der Waals surface area contributed by atoms with Gasteiger partial charge in [0.05, 0.1) is 0 Å². The van der Waals surface area contributed by atoms with Crippen LogP contribution in [-0.4, -0.2) is 6.29 Å². The first-order valence-electron chi connectivity index (χ1n) is 3.87. The van der Waals surface area contributed by atoms with Crippen molar-refractivity contribution in [2.75, 3.05) is 0 Å². The maximum Gasteiger partial charge on any atom is 2.00 e. The van der Waals surface area contributed by atoms with Crippen molar-refractivity contribution in [1.82, 2.24) is 0 Å². The number of hydrogen-bond donors (Lipinski definition) is 0. The zero-order valence-corrected chi connectivity index (χ0v) is 9.73. The maximum atomic E-state index is 9.90. The van der Waals surface area contributed by atoms with Crippen LogP contribution in [0.2, 0.25) is 0 Å². The molecule has 0 amide bonds. The Morgan fingerprint density at radius 1 is 1.12 bits per heavy atom. The van der Waals surface area contributed by atoms with Crippen LogP contribution in [0.3, 0.4) is 0 Å². The molecule has 1 nitrogen and oxygen atoms in total. The first-order valence-corrected chi connectivity index (χ1v) is 4.25. The first-order chi connectivity index (χ1) is 7.34. The Morgan fingerprint density at radius 3 is 2.06 bits per heavy atom. The minimum atomic E-state index is 0. The predicted molar refractivity (Wildman–Crippen MR) is 54.7 cm³/mol. The maximum absolute atomic E-state index is 9.90. The van der Waals surface area contributed by atoms with Gasteiger partial charge in [0, 0.05) is 6.29 Å². The van der Waals surface area contributed by atoms with Crippen LogP contribution in [-0.2, 0) is 21.9 Å². The molecule has 0 aromatic heterocycles. The van der Waals surface area contributed by atoms with Crippen molar-refractivity contribution in [3.05, 3.63) is 66.2 Å². The molecule has 3 heteroatoms. The molecule has 0 spiro atoms. The molecular weight excluding hydrogens is 263 g/mol. The number of halogens is 1. The summed E-state index contributed by atoms with van der Waals surface area (Å²) in [5, 5.41) is 0.313. The second-order valence-corrected chi connectivity index (χ2v) is 2.62. The Kier molecular flexibility index (Phi) is 8.55. The normalized spacial score (nSPS) is 9.69. The second-order valence-electron chi connectivity index (χ2n) is 2.21. The van der Waals surface area contributed by atoms with E-state index in [0.717, 1.165) is 0 Å². The Bertz CT molecular complexity index is 370. The molecule has 0 saturated carbocycles. The molecule has 2 aromatic rings. The predicted octanol–water partition coefficient (Wildman–Crippen LogP) is 1.99. The van der Waals surface area contributed by atoms with Crippen LogP contribution in [0.5, 0.6) is 0 Å². The molecule has 2 aromatic carbocycles. The number of carbonyl (C=O) groups excluding carboxylic acids is 1. The fourth-order valence-electron chi connectivity index (χ4n) is 0.662. The van der Waals surface area contributed by atoms with Gasteiger partial charge in [0.2, 0.25) is 0 Å². The average molecular weight is 266 g/mol. The molecular formula is C13H3ClFeO-8. The van der Waals surface area contributed by atoms with Crippen LogP contribution in [0.1, 0.15) is 5.56 Å². The monoisotopic (exact) mass is 266 g/mol. The fourth-order valence-corrected chi connectivity index (χ4v) is 0.808. The van der Waals surface area contributed by atoms with Crippen LogP contribution < -0.4 is 0 Å². The molecule has 0 unspecified atom stereocenters. The van der Waals surface area contributed by atoms with Crippen molar-refractivity contribution >= 4 is 22.9 Å². The smallest absolute Gasteiger partial charge is 0.999 e. The second kappa shape index (κ2) is 9.17. The van der Waals surface area contributed by atoms with Crippen molar-refractivity contribution in [1.29, 1.82) is 0 Å². The van der Waals surface area contributed by atoms with E-state index in [1.807, 2.05) is 0 Å². The summed E-state index contributed by atoms with van der Waals surface area (Å²) in [4.78, 5) is 9.90. The van der Waals surface area contributed by atoms with E-state index in [9.17, 15) is 4.79 Å². The van der Waals surface area contributed by atoms with E-state index in [-0.39, 0.29) is 17.1 Å². The molecule has 0 radical (unpaired) electrons. The molecule has 0 aliphatic rings. The van der Waals surface area contributed by atoms with Gasteiger partial charge >= 0.3 is 17.1 Å². The zero-order valence-electron chi connectivity index (χ0n) is 7.87. The molecule has 0 atom stereocenters. The van der Waals surface area contributed by atoms with Gasteiger partial charge in [-0.2, -0.15) is 0 Å². The van der Waals surface area contributed by atoms with Crippen LogP contribution in [0, 0.1) is 48.5 Å². The zero-order chi connectivity index (χ0) is 10.9. The van der Waals surface area contributed by atoms with E-state index in [1.165, 1.54) is 6.08 Å². The molecule has 0 aliphatic heterocycles. The van der Waals surface area contributed by atoms with Gasteiger partial charge in [-0.05, 0) is 0 Å². The number of rotatable bonds is 2. The molecule has 0 fully saturated rings. The Balaban J connectivity index is 0.000000318. The van der Waals surface area contributed by atoms with Gasteiger partial charge in [-0.3, -0.25) is 0 Å². The van der Waals surface area contributed by atoms with E-state index < -0.39 is 0 Å². The van der Waals surface area contributed by atoms with Gasteiger partial charge < -0.3 is 87.7 Å². The quantitative estimate of drug-likeness (QED) is 0.352. The summed E-state index contributed by atoms with van der Waals surface area (Å²) in [5.74, 6) is 0. The third kappa shape index (κ3) is 5.72. The minimum Gasteiger partial charge on any atom is -0.999 e. The van der Waals surface area contributed by atoms with Crippen LogP contribution >= 0.6 is 11.6 Å². The van der Waals surface area contributed by atoms with E-state index in [0.29, 0.717) is 16.9 Å². The largest absolute Gasteiger partial charge is 2.00 e. The van der Waals surface area contributed by atoms with Crippen LogP contribution in [0.4, 0.5) is 0 Å². The van der Waals surface area contributed by atoms with Gasteiger partial charge in [-0.15, -0.1) is 0 Å². The van der Waals surface area contributed by atoms with Gasteiger partial charge in [-0.25, -0.2) is 0 Å². The molecule has 0 saturated heterocycles. The van der Waals surface area contributed by atoms with E-state index in [2.05, 4.69) is 48.5 Å². The Hall–Kier alpha value is -1.08. The van der Waals surface area contributed by atoms with Crippen molar-refractivity contribution in [3.63, 3.8) is 0 Å². The molecule has 0 N–H and O–H groups in total. The Morgan fingerprint density at radius 2 is 1.69 bits per heavy atom. The number of carbonyl (C=O) groups is 1. The Labute approximate surface area is 111 Å². The molecule has 0 aliphatic carbocycles. The van der Waals surface area contributed by atoms with Crippen molar-refractivity contribution in [3.8, 4) is 0 Å². The van der Waals surface area contributed by atoms with E-state index in [1.54, 1.807) is 6.07 Å². The standard InChI is InChI=1S/C8H2ClO.C5H.Fe/c9-8(5-6-10)7-3-1-2-4-7;1-2-4-5-3-1;/h5-6H;1H;/q2*-5;+2. The summed E-state index contributed by atoms with van der Waals surface area (Å²) >= 11 is 5.58.